The average Bonchev–Trinajstić information content (AvgIpc) is 3.81. The largest absolute Gasteiger partial charge is 0.505 e. The van der Waals surface area contributed by atoms with Gasteiger partial charge in [0.25, 0.3) is 0 Å². The van der Waals surface area contributed by atoms with Gasteiger partial charge in [0.2, 0.25) is 11.8 Å². The van der Waals surface area contributed by atoms with Crippen molar-refractivity contribution in [3.8, 4) is 0 Å². The zero-order valence-electron chi connectivity index (χ0n) is 32.3. The Kier molecular flexibility index (Phi) is 22.3. The minimum Gasteiger partial charge on any atom is -0.450 e. The van der Waals surface area contributed by atoms with Crippen molar-refractivity contribution in [1.29, 1.82) is 0 Å². The third-order valence-corrected chi connectivity index (χ3v) is 11.0. The zero-order valence-corrected chi connectivity index (χ0v) is 34.0. The summed E-state index contributed by atoms with van der Waals surface area (Å²) in [7, 11) is -3.94. The second kappa shape index (κ2) is 26.2. The van der Waals surface area contributed by atoms with Crippen molar-refractivity contribution in [1.82, 2.24) is 31.5 Å². The van der Waals surface area contributed by atoms with Crippen LogP contribution in [0.3, 0.4) is 0 Å². The Labute approximate surface area is 339 Å². The maximum Gasteiger partial charge on any atom is 0.505 e. The molecule has 58 heavy (non-hydrogen) atoms. The number of rotatable bonds is 29. The number of aliphatic hydroxyl groups excluding tert-OH is 1. The van der Waals surface area contributed by atoms with Gasteiger partial charge in [-0.05, 0) is 19.3 Å². The number of urea groups is 2. The Hall–Kier alpha value is -3.07. The van der Waals surface area contributed by atoms with Gasteiger partial charge in [0.05, 0.1) is 71.1 Å². The summed E-state index contributed by atoms with van der Waals surface area (Å²) in [5.74, 6) is 0.608. The molecule has 0 aliphatic carbocycles. The Morgan fingerprint density at radius 2 is 1.57 bits per heavy atom. The molecule has 0 aromatic heterocycles. The van der Waals surface area contributed by atoms with Crippen LogP contribution in [0.5, 0.6) is 0 Å². The van der Waals surface area contributed by atoms with E-state index in [-0.39, 0.29) is 62.5 Å². The van der Waals surface area contributed by atoms with Crippen molar-refractivity contribution in [2.75, 3.05) is 85.4 Å². The zero-order chi connectivity index (χ0) is 42.5. The first-order valence-corrected chi connectivity index (χ1v) is 21.5. The number of unbranched alkanes of at least 4 members (excludes halogenated alkanes) is 1. The quantitative estimate of drug-likeness (QED) is 0.0127. The normalized spacial score (nSPS) is 24.4. The van der Waals surface area contributed by atoms with Crippen LogP contribution in [-0.4, -0.2) is 188 Å². The molecule has 2 unspecified atom stereocenters. The maximum atomic E-state index is 12.7. The number of nitrogens with zero attached hydrogens (tertiary/aromatic N) is 1. The molecular weight excluding hydrogens is 817 g/mol. The lowest BCUT2D eigenvalue weighted by Crippen LogP contribution is -2.53. The summed E-state index contributed by atoms with van der Waals surface area (Å²) >= 11 is 1.87. The number of amides is 6. The van der Waals surface area contributed by atoms with Gasteiger partial charge in [-0.15, -0.1) is 0 Å². The number of aliphatic hydroxyl groups is 1. The lowest BCUT2D eigenvalue weighted by molar-refractivity contribution is -0.122. The summed E-state index contributed by atoms with van der Waals surface area (Å²) in [5.41, 5.74) is 5.93. The molecule has 0 saturated carbocycles. The minimum absolute atomic E-state index is 0.00608. The summed E-state index contributed by atoms with van der Waals surface area (Å²) in [6.07, 6.45) is -5.77. The highest BCUT2D eigenvalue weighted by Crippen LogP contribution is 2.42. The van der Waals surface area contributed by atoms with Crippen LogP contribution in [0.15, 0.2) is 0 Å². The van der Waals surface area contributed by atoms with Crippen LogP contribution in [0.2, 0.25) is 0 Å². The minimum atomic E-state index is -5.14. The fourth-order valence-electron chi connectivity index (χ4n) is 6.07. The topological polar surface area (TPSA) is 337 Å². The molecule has 11 N–H and O–H groups in total. The summed E-state index contributed by atoms with van der Waals surface area (Å²) in [4.78, 5) is 78.2. The van der Waals surface area contributed by atoms with Crippen LogP contribution in [0.1, 0.15) is 38.5 Å². The molecule has 334 valence electrons. The number of hydrogen-bond donors (Lipinski definition) is 10. The van der Waals surface area contributed by atoms with Gasteiger partial charge in [-0.25, -0.2) is 18.9 Å². The first-order valence-electron chi connectivity index (χ1n) is 18.9. The molecule has 0 aromatic carbocycles. The van der Waals surface area contributed by atoms with E-state index in [1.165, 1.54) is 7.05 Å². The maximum absolute atomic E-state index is 12.7. The number of likely N-dealkylation sites (N-methyl/N-ethyl adjacent to an activating group) is 1. The van der Waals surface area contributed by atoms with Crippen LogP contribution >= 0.6 is 19.6 Å². The fourth-order valence-corrected chi connectivity index (χ4v) is 8.19. The Morgan fingerprint density at radius 3 is 2.22 bits per heavy atom. The van der Waals surface area contributed by atoms with Crippen molar-refractivity contribution >= 4 is 49.6 Å². The number of hydrogen-bond acceptors (Lipinski definition) is 16. The van der Waals surface area contributed by atoms with Crippen molar-refractivity contribution in [2.45, 2.75) is 86.6 Å². The smallest absolute Gasteiger partial charge is 0.450 e. The third-order valence-electron chi connectivity index (χ3n) is 8.97. The number of fused-ring (bicyclic) bond motifs is 1. The number of phosphoric ester groups is 1. The van der Waals surface area contributed by atoms with Crippen molar-refractivity contribution in [2.24, 2.45) is 5.73 Å². The summed E-state index contributed by atoms with van der Waals surface area (Å²) in [5, 5.41) is 33.5. The molecule has 0 spiro atoms. The van der Waals surface area contributed by atoms with Gasteiger partial charge in [0.1, 0.15) is 24.9 Å². The highest BCUT2D eigenvalue weighted by atomic mass is 32.2. The van der Waals surface area contributed by atoms with Crippen LogP contribution in [0.25, 0.3) is 0 Å². The van der Waals surface area contributed by atoms with Crippen molar-refractivity contribution in [3.05, 3.63) is 0 Å². The van der Waals surface area contributed by atoms with E-state index < -0.39 is 57.3 Å². The number of phosphoric acid groups is 1. The summed E-state index contributed by atoms with van der Waals surface area (Å²) < 4.78 is 47.4. The molecule has 3 saturated heterocycles. The van der Waals surface area contributed by atoms with Gasteiger partial charge >= 0.3 is 26.0 Å². The predicted octanol–water partition coefficient (Wildman–Crippen LogP) is -2.02. The molecule has 26 heteroatoms. The summed E-state index contributed by atoms with van der Waals surface area (Å²) in [6, 6.07) is -0.536. The molecule has 8 atom stereocenters. The number of nitrogens with two attached hydrogens (primary N) is 1. The van der Waals surface area contributed by atoms with Gasteiger partial charge in [-0.1, -0.05) is 6.42 Å². The SMILES string of the molecule is CN(C(=O)NC(N)CCNC(=O)CCOCCOCCOCCOCCNC(=O)CCCC[C@@H]1SC[C@@H]2NC(=O)N[C@@H]21)[C@@H]1O[C@H](COC(=O)O)[C@H](OP(=O)(O)O)C1O. The molecular formula is C32H58N7O17PS. The lowest BCUT2D eigenvalue weighted by Gasteiger charge is -2.28. The molecule has 0 bridgehead atoms. The standard InChI is InChI=1S/C32H58N7O17PS/c1-39(29-27(42)28(56-57(47,48)49)21(55-29)18-54-32(45)46)31(44)37-23(33)6-8-34-25(41)7-10-50-12-14-52-16-17-53-15-13-51-11-9-35-24(40)5-3-2-4-22-26-20(19-58-22)36-30(43)38-26/h20-23,26-29,42H,2-19,33H2,1H3,(H,34,41)(H,35,40)(H,37,44)(H,45,46)(H2,36,38,43)(H2,47,48,49)/t20-,21+,22-,23?,26-,27?,28-,29+/m0/s1. The van der Waals surface area contributed by atoms with Crippen molar-refractivity contribution in [3.63, 3.8) is 0 Å². The van der Waals surface area contributed by atoms with E-state index in [4.69, 9.17) is 44.3 Å². The van der Waals surface area contributed by atoms with E-state index in [0.29, 0.717) is 57.9 Å². The molecule has 3 heterocycles. The Morgan fingerprint density at radius 1 is 0.948 bits per heavy atom. The first kappa shape index (κ1) is 49.3. The molecule has 3 aliphatic rings. The number of ether oxygens (including phenoxy) is 6. The highest BCUT2D eigenvalue weighted by Gasteiger charge is 2.50. The average molecular weight is 876 g/mol. The monoisotopic (exact) mass is 875 g/mol. The van der Waals surface area contributed by atoms with Gasteiger partial charge in [-0.2, -0.15) is 11.8 Å². The van der Waals surface area contributed by atoms with Crippen LogP contribution in [0.4, 0.5) is 14.4 Å². The highest BCUT2D eigenvalue weighted by molar-refractivity contribution is 8.00. The molecule has 24 nitrogen and oxygen atoms in total. The molecule has 3 rings (SSSR count). The summed E-state index contributed by atoms with van der Waals surface area (Å²) in [6.45, 7) is 2.35. The molecule has 6 amide bonds. The number of carboxylic acid groups (broad SMARTS) is 1. The lowest BCUT2D eigenvalue weighted by atomic mass is 10.0. The van der Waals surface area contributed by atoms with E-state index >= 15 is 0 Å². The Balaban J connectivity index is 1.08. The van der Waals surface area contributed by atoms with Gasteiger partial charge in [-0.3, -0.25) is 19.0 Å². The van der Waals surface area contributed by atoms with E-state index in [1.54, 1.807) is 0 Å². The first-order chi connectivity index (χ1) is 27.6. The molecule has 0 aromatic rings. The van der Waals surface area contributed by atoms with Crippen molar-refractivity contribution < 1.29 is 81.5 Å². The van der Waals surface area contributed by atoms with Gasteiger partial charge in [0, 0.05) is 44.0 Å². The third kappa shape index (κ3) is 18.9. The van der Waals surface area contributed by atoms with Gasteiger partial charge < -0.3 is 80.7 Å². The molecule has 3 aliphatic heterocycles. The van der Waals surface area contributed by atoms with E-state index in [2.05, 4.69) is 35.8 Å². The van der Waals surface area contributed by atoms with E-state index in [0.717, 1.165) is 29.9 Å². The fraction of sp³-hybridized carbons (Fsp3) is 0.844. The number of carbonyl (C=O) groups is 5. The van der Waals surface area contributed by atoms with Gasteiger partial charge in [0.15, 0.2) is 6.23 Å². The Bertz CT molecular complexity index is 1360. The van der Waals surface area contributed by atoms with E-state index in [1.807, 2.05) is 11.8 Å². The number of nitrogens with one attached hydrogen (secondary N) is 5. The van der Waals surface area contributed by atoms with Crippen LogP contribution < -0.4 is 32.3 Å². The number of thioether (sulfide) groups is 1. The number of carbonyl (C=O) groups excluding carboxylic acids is 4. The predicted molar refractivity (Wildman–Crippen MR) is 202 cm³/mol. The second-order valence-electron chi connectivity index (χ2n) is 13.4. The second-order valence-corrected chi connectivity index (χ2v) is 15.9. The van der Waals surface area contributed by atoms with E-state index in [9.17, 15) is 33.6 Å². The van der Waals surface area contributed by atoms with Crippen LogP contribution in [-0.2, 0) is 47.1 Å². The molecule has 0 radical (unpaired) electrons. The molecule has 3 fully saturated rings. The van der Waals surface area contributed by atoms with Crippen LogP contribution in [0, 0.1) is 0 Å².